The third-order valence-corrected chi connectivity index (χ3v) is 5.52. The molecular weight excluding hydrogens is 450 g/mol. The molecule has 3 aromatic carbocycles. The highest BCUT2D eigenvalue weighted by Gasteiger charge is 2.21. The minimum atomic E-state index is -0.594. The van der Waals surface area contributed by atoms with E-state index < -0.39 is 6.04 Å². The summed E-state index contributed by atoms with van der Waals surface area (Å²) < 4.78 is 0. The highest BCUT2D eigenvalue weighted by atomic mass is 16.2. The average molecular weight is 480 g/mol. The van der Waals surface area contributed by atoms with Crippen molar-refractivity contribution in [2.45, 2.75) is 25.9 Å². The first-order valence-corrected chi connectivity index (χ1v) is 11.7. The van der Waals surface area contributed by atoms with Crippen molar-refractivity contribution in [1.82, 2.24) is 10.3 Å². The summed E-state index contributed by atoms with van der Waals surface area (Å²) in [7, 11) is 0. The van der Waals surface area contributed by atoms with E-state index in [1.165, 1.54) is 6.08 Å². The van der Waals surface area contributed by atoms with Gasteiger partial charge in [-0.05, 0) is 67.4 Å². The SMILES string of the molecule is CC(C)NC(=O)C(Nc1ccc2ncccc2c1)c1ccc(/C=C/C(=O)Nc2ccccc2N)cc1. The minimum Gasteiger partial charge on any atom is -0.397 e. The number of nitrogens with one attached hydrogen (secondary N) is 3. The number of aromatic nitrogens is 1. The van der Waals surface area contributed by atoms with Gasteiger partial charge in [-0.15, -0.1) is 0 Å². The molecule has 1 aromatic heterocycles. The maximum absolute atomic E-state index is 13.1. The normalized spacial score (nSPS) is 12.0. The second kappa shape index (κ2) is 11.2. The van der Waals surface area contributed by atoms with Crippen LogP contribution in [0.25, 0.3) is 17.0 Å². The highest BCUT2D eigenvalue weighted by Crippen LogP contribution is 2.24. The number of hydrogen-bond acceptors (Lipinski definition) is 5. The van der Waals surface area contributed by atoms with Gasteiger partial charge in [0, 0.05) is 29.4 Å². The van der Waals surface area contributed by atoms with E-state index >= 15 is 0 Å². The van der Waals surface area contributed by atoms with E-state index in [-0.39, 0.29) is 17.9 Å². The molecule has 2 amide bonds. The maximum Gasteiger partial charge on any atom is 0.248 e. The highest BCUT2D eigenvalue weighted by molar-refractivity contribution is 6.03. The van der Waals surface area contributed by atoms with Crippen molar-refractivity contribution in [3.63, 3.8) is 0 Å². The summed E-state index contributed by atoms with van der Waals surface area (Å²) in [6, 6.07) is 23.7. The number of nitrogen functional groups attached to an aromatic ring is 1. The molecule has 0 saturated carbocycles. The third kappa shape index (κ3) is 6.27. The van der Waals surface area contributed by atoms with Crippen molar-refractivity contribution < 1.29 is 9.59 Å². The molecule has 182 valence electrons. The van der Waals surface area contributed by atoms with Gasteiger partial charge in [0.15, 0.2) is 0 Å². The second-order valence-corrected chi connectivity index (χ2v) is 8.73. The number of para-hydroxylation sites is 2. The molecule has 0 aliphatic carbocycles. The molecule has 0 fully saturated rings. The zero-order valence-electron chi connectivity index (χ0n) is 20.2. The van der Waals surface area contributed by atoms with E-state index in [1.807, 2.05) is 80.6 Å². The van der Waals surface area contributed by atoms with Crippen molar-refractivity contribution >= 4 is 45.9 Å². The number of benzene rings is 3. The van der Waals surface area contributed by atoms with Crippen LogP contribution in [-0.4, -0.2) is 22.8 Å². The molecule has 0 aliphatic heterocycles. The van der Waals surface area contributed by atoms with E-state index in [0.29, 0.717) is 11.4 Å². The quantitative estimate of drug-likeness (QED) is 0.207. The second-order valence-electron chi connectivity index (χ2n) is 8.73. The topological polar surface area (TPSA) is 109 Å². The molecule has 0 radical (unpaired) electrons. The number of nitrogens with zero attached hydrogens (tertiary/aromatic N) is 1. The Kier molecular flexibility index (Phi) is 7.60. The number of nitrogens with two attached hydrogens (primary N) is 1. The number of pyridine rings is 1. The van der Waals surface area contributed by atoms with Crippen LogP contribution in [-0.2, 0) is 9.59 Å². The number of carbonyl (C=O) groups is 2. The van der Waals surface area contributed by atoms with Gasteiger partial charge in [-0.25, -0.2) is 0 Å². The molecule has 7 nitrogen and oxygen atoms in total. The monoisotopic (exact) mass is 479 g/mol. The molecule has 0 bridgehead atoms. The first-order chi connectivity index (χ1) is 17.4. The van der Waals surface area contributed by atoms with Crippen LogP contribution in [0, 0.1) is 0 Å². The number of hydrogen-bond donors (Lipinski definition) is 4. The fourth-order valence-electron chi connectivity index (χ4n) is 3.76. The molecule has 7 heteroatoms. The van der Waals surface area contributed by atoms with E-state index in [2.05, 4.69) is 20.9 Å². The lowest BCUT2D eigenvalue weighted by Gasteiger charge is -2.22. The fraction of sp³-hybridized carbons (Fsp3) is 0.138. The Morgan fingerprint density at radius 3 is 2.47 bits per heavy atom. The molecule has 36 heavy (non-hydrogen) atoms. The van der Waals surface area contributed by atoms with Crippen LogP contribution in [0.3, 0.4) is 0 Å². The van der Waals surface area contributed by atoms with E-state index in [1.54, 1.807) is 24.4 Å². The summed E-state index contributed by atoms with van der Waals surface area (Å²) in [5, 5.41) is 10.1. The van der Waals surface area contributed by atoms with Crippen LogP contribution in [0.1, 0.15) is 31.0 Å². The van der Waals surface area contributed by atoms with Crippen molar-refractivity contribution in [2.75, 3.05) is 16.4 Å². The Labute approximate surface area is 210 Å². The third-order valence-electron chi connectivity index (χ3n) is 5.52. The number of amides is 2. The fourth-order valence-corrected chi connectivity index (χ4v) is 3.76. The van der Waals surface area contributed by atoms with Gasteiger partial charge < -0.3 is 21.7 Å². The van der Waals surface area contributed by atoms with Gasteiger partial charge >= 0.3 is 0 Å². The number of anilines is 3. The van der Waals surface area contributed by atoms with Crippen LogP contribution in [0.2, 0.25) is 0 Å². The van der Waals surface area contributed by atoms with Gasteiger partial charge in [-0.3, -0.25) is 14.6 Å². The molecule has 5 N–H and O–H groups in total. The van der Waals surface area contributed by atoms with Gasteiger partial charge in [0.05, 0.1) is 16.9 Å². The van der Waals surface area contributed by atoms with Crippen LogP contribution in [0.4, 0.5) is 17.1 Å². The zero-order valence-corrected chi connectivity index (χ0v) is 20.2. The predicted molar refractivity (Wildman–Crippen MR) is 146 cm³/mol. The number of rotatable bonds is 8. The van der Waals surface area contributed by atoms with Gasteiger partial charge in [-0.2, -0.15) is 0 Å². The molecule has 1 heterocycles. The molecule has 4 rings (SSSR count). The Morgan fingerprint density at radius 2 is 1.72 bits per heavy atom. The molecular formula is C29H29N5O2. The van der Waals surface area contributed by atoms with Gasteiger partial charge in [0.2, 0.25) is 11.8 Å². The summed E-state index contributed by atoms with van der Waals surface area (Å²) in [5.74, 6) is -0.405. The maximum atomic E-state index is 13.1. The largest absolute Gasteiger partial charge is 0.397 e. The minimum absolute atomic E-state index is 0.00183. The first kappa shape index (κ1) is 24.5. The molecule has 0 saturated heterocycles. The van der Waals surface area contributed by atoms with Crippen LogP contribution >= 0.6 is 0 Å². The summed E-state index contributed by atoms with van der Waals surface area (Å²) in [6.45, 7) is 3.86. The van der Waals surface area contributed by atoms with E-state index in [9.17, 15) is 9.59 Å². The van der Waals surface area contributed by atoms with Crippen LogP contribution in [0.15, 0.2) is 91.1 Å². The summed E-state index contributed by atoms with van der Waals surface area (Å²) in [6.07, 6.45) is 4.92. The van der Waals surface area contributed by atoms with Crippen molar-refractivity contribution in [1.29, 1.82) is 0 Å². The smallest absolute Gasteiger partial charge is 0.248 e. The number of fused-ring (bicyclic) bond motifs is 1. The molecule has 0 aliphatic rings. The Bertz CT molecular complexity index is 1400. The van der Waals surface area contributed by atoms with Gasteiger partial charge in [0.1, 0.15) is 6.04 Å². The van der Waals surface area contributed by atoms with E-state index in [0.717, 1.165) is 27.7 Å². The molecule has 1 unspecified atom stereocenters. The van der Waals surface area contributed by atoms with Crippen molar-refractivity contribution in [3.8, 4) is 0 Å². The Hall–Kier alpha value is -4.65. The van der Waals surface area contributed by atoms with Gasteiger partial charge in [0.25, 0.3) is 0 Å². The predicted octanol–water partition coefficient (Wildman–Crippen LogP) is 5.15. The average Bonchev–Trinajstić information content (AvgIpc) is 2.87. The van der Waals surface area contributed by atoms with Crippen molar-refractivity contribution in [3.05, 3.63) is 102 Å². The van der Waals surface area contributed by atoms with E-state index in [4.69, 9.17) is 5.73 Å². The Morgan fingerprint density at radius 1 is 0.944 bits per heavy atom. The lowest BCUT2D eigenvalue weighted by atomic mass is 10.0. The lowest BCUT2D eigenvalue weighted by Crippen LogP contribution is -2.37. The summed E-state index contributed by atoms with van der Waals surface area (Å²) >= 11 is 0. The Balaban J connectivity index is 1.50. The molecule has 0 spiro atoms. The standard InChI is InChI=1S/C29H29N5O2/c1-19(2)32-29(36)28(33-23-14-15-25-22(18-23)6-5-17-31-25)21-12-9-20(10-13-21)11-16-27(35)34-26-8-4-3-7-24(26)30/h3-19,28,33H,30H2,1-2H3,(H,32,36)(H,34,35)/b16-11+. The summed E-state index contributed by atoms with van der Waals surface area (Å²) in [5.41, 5.74) is 10.3. The van der Waals surface area contributed by atoms with Crippen molar-refractivity contribution in [2.24, 2.45) is 0 Å². The lowest BCUT2D eigenvalue weighted by molar-refractivity contribution is -0.122. The first-order valence-electron chi connectivity index (χ1n) is 11.7. The summed E-state index contributed by atoms with van der Waals surface area (Å²) in [4.78, 5) is 29.7. The number of carbonyl (C=O) groups excluding carboxylic acids is 2. The molecule has 1 atom stereocenters. The van der Waals surface area contributed by atoms with Crippen LogP contribution < -0.4 is 21.7 Å². The van der Waals surface area contributed by atoms with Crippen LogP contribution in [0.5, 0.6) is 0 Å². The molecule has 4 aromatic rings. The zero-order chi connectivity index (χ0) is 25.5. The van der Waals surface area contributed by atoms with Gasteiger partial charge in [-0.1, -0.05) is 42.5 Å².